The first-order valence-corrected chi connectivity index (χ1v) is 12.7. The molecule has 38 heavy (non-hydrogen) atoms. The number of benzene rings is 1. The fourth-order valence-corrected chi connectivity index (χ4v) is 4.68. The van der Waals surface area contributed by atoms with E-state index in [0.717, 1.165) is 36.7 Å². The summed E-state index contributed by atoms with van der Waals surface area (Å²) in [5.74, 6) is 1.43. The van der Waals surface area contributed by atoms with Gasteiger partial charge in [-0.2, -0.15) is 4.52 Å². The fraction of sp³-hybridized carbons (Fsp3) is 0.333. The van der Waals surface area contributed by atoms with Crippen molar-refractivity contribution in [2.24, 2.45) is 0 Å². The monoisotopic (exact) mass is 513 g/mol. The van der Waals surface area contributed by atoms with Crippen LogP contribution in [0.2, 0.25) is 0 Å². The first kappa shape index (κ1) is 24.0. The number of pyridine rings is 1. The van der Waals surface area contributed by atoms with Gasteiger partial charge in [-0.3, -0.25) is 9.78 Å². The van der Waals surface area contributed by atoms with Gasteiger partial charge in [0.1, 0.15) is 13.2 Å². The van der Waals surface area contributed by atoms with Crippen LogP contribution in [0.1, 0.15) is 47.5 Å². The number of carbonyl (C=O) groups is 1. The summed E-state index contributed by atoms with van der Waals surface area (Å²) in [6.45, 7) is 2.08. The lowest BCUT2D eigenvalue weighted by atomic mass is 10.2. The van der Waals surface area contributed by atoms with Gasteiger partial charge in [0, 0.05) is 43.2 Å². The summed E-state index contributed by atoms with van der Waals surface area (Å²) < 4.78 is 18.2. The van der Waals surface area contributed by atoms with Crippen LogP contribution in [0.25, 0.3) is 27.9 Å². The molecule has 11 heteroatoms. The van der Waals surface area contributed by atoms with Crippen molar-refractivity contribution in [2.75, 3.05) is 20.2 Å². The molecule has 1 saturated heterocycles. The quantitative estimate of drug-likeness (QED) is 0.317. The molecule has 1 aliphatic heterocycles. The number of rotatable bonds is 7. The van der Waals surface area contributed by atoms with Crippen LogP contribution in [-0.4, -0.2) is 61.0 Å². The lowest BCUT2D eigenvalue weighted by Gasteiger charge is -2.20. The van der Waals surface area contributed by atoms with Crippen molar-refractivity contribution in [3.63, 3.8) is 0 Å². The fourth-order valence-electron chi connectivity index (χ4n) is 4.68. The molecule has 4 aromatic heterocycles. The topological polar surface area (TPSA) is 121 Å². The van der Waals surface area contributed by atoms with Crippen LogP contribution >= 0.6 is 0 Å². The summed E-state index contributed by atoms with van der Waals surface area (Å²) in [6.07, 6.45) is 6.08. The molecule has 0 bridgehead atoms. The number of hydrogen-bond acceptors (Lipinski definition) is 9. The second kappa shape index (κ2) is 10.5. The highest BCUT2D eigenvalue weighted by Gasteiger charge is 2.20. The van der Waals surface area contributed by atoms with Gasteiger partial charge in [0.2, 0.25) is 11.7 Å². The average molecular weight is 514 g/mol. The molecule has 11 nitrogen and oxygen atoms in total. The highest BCUT2D eigenvalue weighted by Crippen LogP contribution is 2.29. The zero-order chi connectivity index (χ0) is 25.9. The van der Waals surface area contributed by atoms with E-state index < -0.39 is 0 Å². The Kier molecular flexibility index (Phi) is 6.65. The first-order valence-electron chi connectivity index (χ1n) is 12.7. The smallest absolute Gasteiger partial charge is 0.255 e. The van der Waals surface area contributed by atoms with Gasteiger partial charge < -0.3 is 18.9 Å². The molecule has 1 aliphatic rings. The molecule has 0 atom stereocenters. The van der Waals surface area contributed by atoms with Crippen LogP contribution < -0.4 is 4.74 Å². The van der Waals surface area contributed by atoms with E-state index in [1.54, 1.807) is 23.9 Å². The zero-order valence-corrected chi connectivity index (χ0v) is 21.0. The minimum Gasteiger partial charge on any atom is -0.470 e. The summed E-state index contributed by atoms with van der Waals surface area (Å²) in [5.41, 5.74) is 2.35. The molecular weight excluding hydrogens is 486 g/mol. The van der Waals surface area contributed by atoms with Crippen molar-refractivity contribution in [3.8, 4) is 17.4 Å². The van der Waals surface area contributed by atoms with Crippen molar-refractivity contribution in [2.45, 2.75) is 38.9 Å². The number of likely N-dealkylation sites (tertiary alicyclic amines) is 1. The molecule has 6 rings (SSSR count). The third-order valence-corrected chi connectivity index (χ3v) is 6.63. The summed E-state index contributed by atoms with van der Waals surface area (Å²) in [5, 5.41) is 19.1. The van der Waals surface area contributed by atoms with Crippen molar-refractivity contribution < 1.29 is 18.8 Å². The summed E-state index contributed by atoms with van der Waals surface area (Å²) in [6, 6.07) is 13.1. The van der Waals surface area contributed by atoms with Crippen molar-refractivity contribution >= 4 is 22.3 Å². The lowest BCUT2D eigenvalue weighted by molar-refractivity contribution is 0.0761. The normalized spacial score (nSPS) is 14.2. The number of amides is 1. The maximum Gasteiger partial charge on any atom is 0.255 e. The van der Waals surface area contributed by atoms with Crippen LogP contribution in [0.3, 0.4) is 0 Å². The standard InChI is InChI=1S/C27H27N7O4/c1-36-17-20-14-23(32-38-20)25-30-29-24-21-8-4-5-9-22(21)26(31-34(24)25)37-16-19-11-10-18(15-28-19)27(35)33-12-6-2-3-7-13-33/h4-5,8-11,14-15H,2-3,6-7,12-13,16-17H2,1H3. The molecule has 1 amide bonds. The van der Waals surface area contributed by atoms with Gasteiger partial charge in [-0.1, -0.05) is 36.2 Å². The second-order valence-corrected chi connectivity index (χ2v) is 9.25. The van der Waals surface area contributed by atoms with Crippen LogP contribution in [0.15, 0.2) is 53.2 Å². The largest absolute Gasteiger partial charge is 0.470 e. The van der Waals surface area contributed by atoms with Gasteiger partial charge in [-0.05, 0) is 31.0 Å². The highest BCUT2D eigenvalue weighted by atomic mass is 16.5. The van der Waals surface area contributed by atoms with Crippen molar-refractivity contribution in [3.05, 3.63) is 65.7 Å². The van der Waals surface area contributed by atoms with Gasteiger partial charge in [-0.25, -0.2) is 0 Å². The highest BCUT2D eigenvalue weighted by molar-refractivity contribution is 5.97. The van der Waals surface area contributed by atoms with Gasteiger partial charge in [-0.15, -0.1) is 15.3 Å². The number of carbonyl (C=O) groups excluding carboxylic acids is 1. The van der Waals surface area contributed by atoms with Gasteiger partial charge in [0.05, 0.1) is 11.3 Å². The molecule has 0 unspecified atom stereocenters. The molecule has 1 fully saturated rings. The van der Waals surface area contributed by atoms with Crippen molar-refractivity contribution in [1.29, 1.82) is 0 Å². The van der Waals surface area contributed by atoms with Crippen molar-refractivity contribution in [1.82, 2.24) is 34.9 Å². The third-order valence-electron chi connectivity index (χ3n) is 6.63. The maximum absolute atomic E-state index is 12.9. The van der Waals surface area contributed by atoms with E-state index >= 15 is 0 Å². The Morgan fingerprint density at radius 2 is 1.82 bits per heavy atom. The van der Waals surface area contributed by atoms with E-state index in [1.165, 1.54) is 12.8 Å². The molecule has 5 heterocycles. The van der Waals surface area contributed by atoms with Crippen LogP contribution in [0.4, 0.5) is 0 Å². The maximum atomic E-state index is 12.9. The number of methoxy groups -OCH3 is 1. The number of aromatic nitrogens is 6. The molecule has 0 saturated carbocycles. The molecule has 1 aromatic carbocycles. The summed E-state index contributed by atoms with van der Waals surface area (Å²) in [4.78, 5) is 19.3. The van der Waals surface area contributed by atoms with Gasteiger partial charge in [0.25, 0.3) is 5.91 Å². The third kappa shape index (κ3) is 4.68. The molecule has 194 valence electrons. The van der Waals surface area contributed by atoms with E-state index in [0.29, 0.717) is 46.7 Å². The van der Waals surface area contributed by atoms with Crippen LogP contribution in [0, 0.1) is 0 Å². The Labute approximate surface area is 218 Å². The molecule has 0 N–H and O–H groups in total. The zero-order valence-electron chi connectivity index (χ0n) is 21.0. The molecule has 0 spiro atoms. The van der Waals surface area contributed by atoms with E-state index in [2.05, 4.69) is 20.3 Å². The van der Waals surface area contributed by atoms with E-state index in [-0.39, 0.29) is 12.5 Å². The Balaban J connectivity index is 1.26. The predicted octanol–water partition coefficient (Wildman–Crippen LogP) is 4.07. The van der Waals surface area contributed by atoms with Gasteiger partial charge >= 0.3 is 0 Å². The predicted molar refractivity (Wildman–Crippen MR) is 137 cm³/mol. The van der Waals surface area contributed by atoms with E-state index in [1.807, 2.05) is 41.3 Å². The number of hydrogen-bond donors (Lipinski definition) is 0. The SMILES string of the molecule is COCc1cc(-c2nnc3c4ccccc4c(OCc4ccc(C(=O)N5CCCCCC5)cn4)nn23)no1. The number of fused-ring (bicyclic) bond motifs is 3. The Morgan fingerprint density at radius 1 is 1.00 bits per heavy atom. The Hall–Kier alpha value is -4.38. The Morgan fingerprint density at radius 3 is 2.58 bits per heavy atom. The minimum atomic E-state index is 0.0339. The second-order valence-electron chi connectivity index (χ2n) is 9.25. The molecule has 0 radical (unpaired) electrons. The van der Waals surface area contributed by atoms with Gasteiger partial charge in [0.15, 0.2) is 17.1 Å². The minimum absolute atomic E-state index is 0.0339. The van der Waals surface area contributed by atoms with E-state index in [4.69, 9.17) is 19.1 Å². The molecular formula is C27H27N7O4. The summed E-state index contributed by atoms with van der Waals surface area (Å²) >= 11 is 0. The number of nitrogens with zero attached hydrogens (tertiary/aromatic N) is 7. The molecule has 0 aliphatic carbocycles. The summed E-state index contributed by atoms with van der Waals surface area (Å²) in [7, 11) is 1.59. The first-order chi connectivity index (χ1) is 18.7. The number of ether oxygens (including phenoxy) is 2. The lowest BCUT2D eigenvalue weighted by Crippen LogP contribution is -2.31. The van der Waals surface area contributed by atoms with Crippen LogP contribution in [-0.2, 0) is 18.0 Å². The van der Waals surface area contributed by atoms with Crippen LogP contribution in [0.5, 0.6) is 5.88 Å². The van der Waals surface area contributed by atoms with E-state index in [9.17, 15) is 4.79 Å². The average Bonchev–Trinajstić information content (AvgIpc) is 3.50. The molecule has 5 aromatic rings. The Bertz CT molecular complexity index is 1570.